The van der Waals surface area contributed by atoms with Crippen LogP contribution in [0.15, 0.2) is 0 Å². The molecule has 26 heavy (non-hydrogen) atoms. The fraction of sp³-hybridized carbons (Fsp3) is 0.950. The number of carbonyl (C=O) groups excluding carboxylic acids is 1. The Balaban J connectivity index is 1.54. The molecule has 0 aromatic rings. The second kappa shape index (κ2) is 13.5. The molecular weight excluding hydrogens is 334 g/mol. The lowest BCUT2D eigenvalue weighted by molar-refractivity contribution is -0.133. The van der Waals surface area contributed by atoms with E-state index in [2.05, 4.69) is 6.92 Å². The van der Waals surface area contributed by atoms with Crippen molar-refractivity contribution in [2.45, 2.75) is 70.5 Å². The Morgan fingerprint density at radius 2 is 1.38 bits per heavy atom. The molecule has 6 heteroatoms. The molecule has 2 aliphatic heterocycles. The molecule has 0 aromatic heterocycles. The van der Waals surface area contributed by atoms with Crippen molar-refractivity contribution in [3.05, 3.63) is 0 Å². The summed E-state index contributed by atoms with van der Waals surface area (Å²) in [4.78, 5) is 14.4. The third-order valence-corrected chi connectivity index (χ3v) is 4.77. The van der Waals surface area contributed by atoms with Crippen LogP contribution in [0.4, 0.5) is 0 Å². The zero-order valence-electron chi connectivity index (χ0n) is 16.5. The van der Waals surface area contributed by atoms with E-state index in [0.717, 1.165) is 26.1 Å². The number of nitrogens with zero attached hydrogens (tertiary/aromatic N) is 1. The van der Waals surface area contributed by atoms with Crippen molar-refractivity contribution < 1.29 is 23.7 Å². The number of ether oxygens (including phenoxy) is 4. The third kappa shape index (κ3) is 11.1. The summed E-state index contributed by atoms with van der Waals surface area (Å²) in [5, 5.41) is 0. The fourth-order valence-electron chi connectivity index (χ4n) is 2.86. The molecule has 0 aliphatic carbocycles. The Bertz CT molecular complexity index is 351. The highest BCUT2D eigenvalue weighted by molar-refractivity contribution is 5.76. The lowest BCUT2D eigenvalue weighted by Gasteiger charge is -2.22. The highest BCUT2D eigenvalue weighted by atomic mass is 16.6. The van der Waals surface area contributed by atoms with Crippen LogP contribution in [0.5, 0.6) is 0 Å². The summed E-state index contributed by atoms with van der Waals surface area (Å²) in [6, 6.07) is 0. The highest BCUT2D eigenvalue weighted by Crippen LogP contribution is 2.11. The molecule has 2 heterocycles. The molecule has 0 N–H and O–H groups in total. The average Bonchev–Trinajstić information content (AvgIpc) is 3.54. The molecule has 2 atom stereocenters. The van der Waals surface area contributed by atoms with Gasteiger partial charge in [0.25, 0.3) is 0 Å². The largest absolute Gasteiger partial charge is 0.377 e. The van der Waals surface area contributed by atoms with Crippen molar-refractivity contribution in [1.29, 1.82) is 0 Å². The van der Waals surface area contributed by atoms with Crippen molar-refractivity contribution in [2.75, 3.05) is 52.7 Å². The molecule has 6 nitrogen and oxygen atoms in total. The van der Waals surface area contributed by atoms with Gasteiger partial charge in [0.05, 0.1) is 39.6 Å². The molecule has 2 saturated heterocycles. The first kappa shape index (κ1) is 21.6. The standard InChI is InChI=1S/C20H37NO5/c1-2-3-4-5-6-7-8-9-20(22)21(10-12-23-14-18-16-25-18)11-13-24-15-19-17-26-19/h18-19H,2-17H2,1H3. The average molecular weight is 372 g/mol. The van der Waals surface area contributed by atoms with Crippen LogP contribution in [-0.4, -0.2) is 75.7 Å². The minimum Gasteiger partial charge on any atom is -0.377 e. The van der Waals surface area contributed by atoms with E-state index in [1.54, 1.807) is 0 Å². The summed E-state index contributed by atoms with van der Waals surface area (Å²) >= 11 is 0. The zero-order chi connectivity index (χ0) is 18.5. The Hall–Kier alpha value is -0.690. The van der Waals surface area contributed by atoms with Gasteiger partial charge in [0, 0.05) is 19.5 Å². The van der Waals surface area contributed by atoms with Crippen LogP contribution < -0.4 is 0 Å². The minimum atomic E-state index is 0.219. The van der Waals surface area contributed by atoms with Gasteiger partial charge in [-0.3, -0.25) is 4.79 Å². The maximum Gasteiger partial charge on any atom is 0.222 e. The normalized spacial score (nSPS) is 21.0. The molecular formula is C20H37NO5. The molecule has 2 aliphatic rings. The summed E-state index contributed by atoms with van der Waals surface area (Å²) in [5.41, 5.74) is 0. The van der Waals surface area contributed by atoms with Gasteiger partial charge >= 0.3 is 0 Å². The SMILES string of the molecule is CCCCCCCCCC(=O)N(CCOCC1CO1)CCOCC1CO1. The first-order valence-corrected chi connectivity index (χ1v) is 10.5. The van der Waals surface area contributed by atoms with E-state index < -0.39 is 0 Å². The monoisotopic (exact) mass is 371 g/mol. The fourth-order valence-corrected chi connectivity index (χ4v) is 2.86. The summed E-state index contributed by atoms with van der Waals surface area (Å²) in [6.07, 6.45) is 9.75. The number of hydrogen-bond donors (Lipinski definition) is 0. The van der Waals surface area contributed by atoms with Gasteiger partial charge in [-0.25, -0.2) is 0 Å². The zero-order valence-corrected chi connectivity index (χ0v) is 16.5. The second-order valence-electron chi connectivity index (χ2n) is 7.31. The van der Waals surface area contributed by atoms with Crippen LogP contribution in [0.25, 0.3) is 0 Å². The maximum absolute atomic E-state index is 12.5. The van der Waals surface area contributed by atoms with E-state index in [9.17, 15) is 4.79 Å². The van der Waals surface area contributed by atoms with E-state index in [1.165, 1.54) is 32.1 Å². The Morgan fingerprint density at radius 1 is 0.885 bits per heavy atom. The van der Waals surface area contributed by atoms with Gasteiger partial charge in [0.15, 0.2) is 0 Å². The predicted molar refractivity (Wildman–Crippen MR) is 100 cm³/mol. The van der Waals surface area contributed by atoms with Gasteiger partial charge in [-0.05, 0) is 6.42 Å². The van der Waals surface area contributed by atoms with Gasteiger partial charge in [-0.1, -0.05) is 45.4 Å². The second-order valence-corrected chi connectivity index (χ2v) is 7.31. The maximum atomic E-state index is 12.5. The van der Waals surface area contributed by atoms with E-state index in [-0.39, 0.29) is 18.1 Å². The van der Waals surface area contributed by atoms with Crippen molar-refractivity contribution >= 4 is 5.91 Å². The molecule has 0 aromatic carbocycles. The summed E-state index contributed by atoms with van der Waals surface area (Å²) in [6.45, 7) is 7.50. The summed E-state index contributed by atoms with van der Waals surface area (Å²) in [5.74, 6) is 0.219. The number of unbranched alkanes of at least 4 members (excludes halogenated alkanes) is 6. The van der Waals surface area contributed by atoms with Gasteiger partial charge in [0.1, 0.15) is 12.2 Å². The van der Waals surface area contributed by atoms with Crippen LogP contribution in [0.1, 0.15) is 58.3 Å². The molecule has 0 bridgehead atoms. The molecule has 0 spiro atoms. The number of hydrogen-bond acceptors (Lipinski definition) is 5. The van der Waals surface area contributed by atoms with Gasteiger partial charge in [0.2, 0.25) is 5.91 Å². The van der Waals surface area contributed by atoms with Crippen LogP contribution in [0.2, 0.25) is 0 Å². The van der Waals surface area contributed by atoms with Crippen LogP contribution >= 0.6 is 0 Å². The first-order valence-electron chi connectivity index (χ1n) is 10.5. The predicted octanol–water partition coefficient (Wildman–Crippen LogP) is 2.79. The summed E-state index contributed by atoms with van der Waals surface area (Å²) in [7, 11) is 0. The number of carbonyl (C=O) groups is 1. The van der Waals surface area contributed by atoms with Crippen molar-refractivity contribution in [2.24, 2.45) is 0 Å². The van der Waals surface area contributed by atoms with Gasteiger partial charge in [-0.15, -0.1) is 0 Å². The van der Waals surface area contributed by atoms with Crippen LogP contribution in [0, 0.1) is 0 Å². The van der Waals surface area contributed by atoms with Crippen molar-refractivity contribution in [3.8, 4) is 0 Å². The molecule has 2 unspecified atom stereocenters. The van der Waals surface area contributed by atoms with Crippen molar-refractivity contribution in [1.82, 2.24) is 4.90 Å². The van der Waals surface area contributed by atoms with Crippen LogP contribution in [0.3, 0.4) is 0 Å². The first-order chi connectivity index (χ1) is 12.8. The Kier molecular flexibility index (Phi) is 11.2. The molecule has 0 radical (unpaired) electrons. The van der Waals surface area contributed by atoms with Crippen LogP contribution in [-0.2, 0) is 23.7 Å². The summed E-state index contributed by atoms with van der Waals surface area (Å²) < 4.78 is 21.5. The molecule has 1 amide bonds. The third-order valence-electron chi connectivity index (χ3n) is 4.77. The van der Waals surface area contributed by atoms with E-state index in [0.29, 0.717) is 45.9 Å². The number of epoxide rings is 2. The van der Waals surface area contributed by atoms with E-state index >= 15 is 0 Å². The molecule has 152 valence electrons. The smallest absolute Gasteiger partial charge is 0.222 e. The Labute approximate surface area is 158 Å². The number of amides is 1. The van der Waals surface area contributed by atoms with E-state index in [4.69, 9.17) is 18.9 Å². The highest BCUT2D eigenvalue weighted by Gasteiger charge is 2.23. The minimum absolute atomic E-state index is 0.219. The molecule has 2 rings (SSSR count). The van der Waals surface area contributed by atoms with Crippen molar-refractivity contribution in [3.63, 3.8) is 0 Å². The Morgan fingerprint density at radius 3 is 1.88 bits per heavy atom. The lowest BCUT2D eigenvalue weighted by Crippen LogP contribution is -2.37. The molecule has 2 fully saturated rings. The quantitative estimate of drug-likeness (QED) is 0.274. The lowest BCUT2D eigenvalue weighted by atomic mass is 10.1. The van der Waals surface area contributed by atoms with Gasteiger partial charge < -0.3 is 23.8 Å². The van der Waals surface area contributed by atoms with Gasteiger partial charge in [-0.2, -0.15) is 0 Å². The number of rotatable bonds is 18. The molecule has 0 saturated carbocycles. The topological polar surface area (TPSA) is 63.8 Å². The van der Waals surface area contributed by atoms with E-state index in [1.807, 2.05) is 4.90 Å².